The van der Waals surface area contributed by atoms with Crippen LogP contribution in [0.3, 0.4) is 0 Å². The van der Waals surface area contributed by atoms with Gasteiger partial charge in [-0.25, -0.2) is 22.5 Å². The zero-order valence-corrected chi connectivity index (χ0v) is 21.3. The molecule has 1 heterocycles. The van der Waals surface area contributed by atoms with Crippen molar-refractivity contribution in [1.82, 2.24) is 15.3 Å². The number of halogens is 7. The highest BCUT2D eigenvalue weighted by molar-refractivity contribution is 5.93. The summed E-state index contributed by atoms with van der Waals surface area (Å²) in [7, 11) is 0. The van der Waals surface area contributed by atoms with Crippen molar-refractivity contribution in [2.24, 2.45) is 11.7 Å². The van der Waals surface area contributed by atoms with Crippen LogP contribution >= 0.6 is 0 Å². The number of nitrogens with zero attached hydrogens (tertiary/aromatic N) is 1. The van der Waals surface area contributed by atoms with Crippen LogP contribution in [0.1, 0.15) is 84.7 Å². The quantitative estimate of drug-likeness (QED) is 0.272. The molecule has 1 fully saturated rings. The highest BCUT2D eigenvalue weighted by atomic mass is 19.4. The van der Waals surface area contributed by atoms with Gasteiger partial charge in [-0.3, -0.25) is 9.59 Å². The van der Waals surface area contributed by atoms with E-state index in [2.05, 4.69) is 15.3 Å². The number of H-pyrrole nitrogens is 1. The Morgan fingerprint density at radius 2 is 1.82 bits per heavy atom. The second-order valence-corrected chi connectivity index (χ2v) is 10.2. The number of benzene rings is 2. The number of alkyl halides is 5. The lowest BCUT2D eigenvalue weighted by Crippen LogP contribution is -2.29. The van der Waals surface area contributed by atoms with E-state index in [-0.39, 0.29) is 24.2 Å². The summed E-state index contributed by atoms with van der Waals surface area (Å²) in [4.78, 5) is 31.3. The van der Waals surface area contributed by atoms with Crippen molar-refractivity contribution in [1.29, 1.82) is 0 Å². The Morgan fingerprint density at radius 1 is 1.15 bits per heavy atom. The highest BCUT2D eigenvalue weighted by Crippen LogP contribution is 2.45. The molecule has 4 N–H and O–H groups in total. The number of carbonyl (C=O) groups is 2. The zero-order chi connectivity index (χ0) is 29.4. The van der Waals surface area contributed by atoms with Crippen molar-refractivity contribution >= 4 is 22.8 Å². The smallest absolute Gasteiger partial charge is 0.366 e. The summed E-state index contributed by atoms with van der Waals surface area (Å²) >= 11 is 0. The molecule has 1 aliphatic carbocycles. The molecule has 0 spiro atoms. The third kappa shape index (κ3) is 6.73. The first-order valence-corrected chi connectivity index (χ1v) is 12.7. The average molecular weight is 573 g/mol. The molecule has 40 heavy (non-hydrogen) atoms. The molecular formula is C27H27F7N4O2. The first kappa shape index (κ1) is 29.3. The fraction of sp³-hybridized carbons (Fsp3) is 0.444. The Hall–Kier alpha value is -3.64. The normalized spacial score (nSPS) is 17.5. The fourth-order valence-corrected chi connectivity index (χ4v) is 5.15. The van der Waals surface area contributed by atoms with Crippen molar-refractivity contribution in [2.75, 3.05) is 0 Å². The third-order valence-corrected chi connectivity index (χ3v) is 7.23. The van der Waals surface area contributed by atoms with Crippen LogP contribution < -0.4 is 11.1 Å². The van der Waals surface area contributed by atoms with Gasteiger partial charge in [-0.15, -0.1) is 0 Å². The monoisotopic (exact) mass is 572 g/mol. The molecule has 216 valence electrons. The molecule has 2 atom stereocenters. The minimum atomic E-state index is -4.46. The number of carbonyl (C=O) groups excluding carboxylic acids is 2. The summed E-state index contributed by atoms with van der Waals surface area (Å²) in [5, 5.41) is 2.50. The van der Waals surface area contributed by atoms with Gasteiger partial charge in [0, 0.05) is 30.7 Å². The summed E-state index contributed by atoms with van der Waals surface area (Å²) in [6.07, 6.45) is -7.37. The lowest BCUT2D eigenvalue weighted by Gasteiger charge is -2.33. The number of rotatable bonds is 8. The summed E-state index contributed by atoms with van der Waals surface area (Å²) in [6.45, 7) is 1.59. The molecule has 4 rings (SSSR count). The van der Waals surface area contributed by atoms with E-state index in [1.165, 1.54) is 0 Å². The van der Waals surface area contributed by atoms with Gasteiger partial charge in [-0.1, -0.05) is 6.07 Å². The average Bonchev–Trinajstić information content (AvgIpc) is 3.28. The van der Waals surface area contributed by atoms with Crippen LogP contribution in [0.4, 0.5) is 30.7 Å². The van der Waals surface area contributed by atoms with Crippen molar-refractivity contribution in [3.8, 4) is 0 Å². The fourth-order valence-electron chi connectivity index (χ4n) is 5.15. The molecule has 2 aromatic carbocycles. The number of amides is 2. The number of hydrogen-bond donors (Lipinski definition) is 3. The lowest BCUT2D eigenvalue weighted by atomic mass is 9.75. The van der Waals surface area contributed by atoms with E-state index in [9.17, 15) is 35.9 Å². The van der Waals surface area contributed by atoms with Gasteiger partial charge < -0.3 is 16.0 Å². The van der Waals surface area contributed by atoms with Crippen molar-refractivity contribution < 1.29 is 40.3 Å². The van der Waals surface area contributed by atoms with Crippen LogP contribution in [-0.4, -0.2) is 33.9 Å². The van der Waals surface area contributed by atoms with Gasteiger partial charge in [-0.2, -0.15) is 13.2 Å². The molecule has 1 aliphatic rings. The van der Waals surface area contributed by atoms with Gasteiger partial charge in [-0.05, 0) is 55.5 Å². The van der Waals surface area contributed by atoms with Gasteiger partial charge in [0.1, 0.15) is 17.5 Å². The van der Waals surface area contributed by atoms with E-state index in [0.29, 0.717) is 22.7 Å². The Kier molecular flexibility index (Phi) is 8.13. The first-order chi connectivity index (χ1) is 18.6. The zero-order valence-electron chi connectivity index (χ0n) is 21.3. The number of imidazole rings is 1. The number of nitrogens with two attached hydrogens (primary N) is 1. The predicted octanol–water partition coefficient (Wildman–Crippen LogP) is 6.42. The van der Waals surface area contributed by atoms with Gasteiger partial charge in [0.2, 0.25) is 11.8 Å². The van der Waals surface area contributed by atoms with Crippen LogP contribution in [0.2, 0.25) is 0 Å². The molecular weight excluding hydrogens is 545 g/mol. The topological polar surface area (TPSA) is 101 Å². The maximum absolute atomic E-state index is 15.5. The van der Waals surface area contributed by atoms with Gasteiger partial charge in [0.15, 0.2) is 0 Å². The van der Waals surface area contributed by atoms with E-state index in [1.54, 1.807) is 25.1 Å². The Labute approximate surface area is 224 Å². The maximum atomic E-state index is 15.5. The highest BCUT2D eigenvalue weighted by Gasteiger charge is 2.40. The van der Waals surface area contributed by atoms with Crippen molar-refractivity contribution in [3.63, 3.8) is 0 Å². The first-order valence-electron chi connectivity index (χ1n) is 12.7. The summed E-state index contributed by atoms with van der Waals surface area (Å²) in [6, 6.07) is 5.69. The molecule has 13 heteroatoms. The molecule has 0 radical (unpaired) electrons. The largest absolute Gasteiger partial charge is 0.389 e. The Bertz CT molecular complexity index is 1410. The summed E-state index contributed by atoms with van der Waals surface area (Å²) in [5.74, 6) is -8.27. The molecule has 0 aliphatic heterocycles. The third-order valence-electron chi connectivity index (χ3n) is 7.23. The van der Waals surface area contributed by atoms with E-state index in [0.717, 1.165) is 6.07 Å². The van der Waals surface area contributed by atoms with Gasteiger partial charge in [0.25, 0.3) is 5.91 Å². The van der Waals surface area contributed by atoms with Crippen LogP contribution in [0, 0.1) is 17.6 Å². The minimum absolute atomic E-state index is 0.0111. The molecule has 0 saturated heterocycles. The van der Waals surface area contributed by atoms with Gasteiger partial charge in [0.05, 0.1) is 29.1 Å². The molecule has 6 nitrogen and oxygen atoms in total. The minimum Gasteiger partial charge on any atom is -0.366 e. The molecule has 0 bridgehead atoms. The lowest BCUT2D eigenvalue weighted by molar-refractivity contribution is -0.144. The molecule has 2 amide bonds. The molecule has 0 unspecified atom stereocenters. The standard InChI is InChI=1S/C27H27F7N4O2/c1-13(36-21(39)6-9-27(32,33)34)15-2-3-19-20(10-15)38-25(37-19)22(14-4-7-26(30,31)8-5-14)17-11-16(28)12-18(23(17)29)24(35)40/h2-3,10-14,22H,4-9H2,1H3,(H2,35,40)(H,36,39)(H,37,38)/t13-,22+/m1/s1. The summed E-state index contributed by atoms with van der Waals surface area (Å²) in [5.41, 5.74) is 5.67. The van der Waals surface area contributed by atoms with Crippen LogP contribution in [0.5, 0.6) is 0 Å². The van der Waals surface area contributed by atoms with Crippen molar-refractivity contribution in [3.05, 3.63) is 64.5 Å². The van der Waals surface area contributed by atoms with Gasteiger partial charge >= 0.3 is 6.18 Å². The van der Waals surface area contributed by atoms with E-state index < -0.39 is 84.7 Å². The predicted molar refractivity (Wildman–Crippen MR) is 132 cm³/mol. The number of nitrogens with one attached hydrogen (secondary N) is 2. The summed E-state index contributed by atoms with van der Waals surface area (Å²) < 4.78 is 95.1. The van der Waals surface area contributed by atoms with E-state index in [4.69, 9.17) is 5.73 Å². The number of fused-ring (bicyclic) bond motifs is 1. The van der Waals surface area contributed by atoms with E-state index in [1.807, 2.05) is 0 Å². The Morgan fingerprint density at radius 3 is 2.45 bits per heavy atom. The molecule has 3 aromatic rings. The second-order valence-electron chi connectivity index (χ2n) is 10.2. The maximum Gasteiger partial charge on any atom is 0.389 e. The molecule has 1 saturated carbocycles. The number of aromatic nitrogens is 2. The number of hydrogen-bond acceptors (Lipinski definition) is 3. The Balaban J connectivity index is 1.69. The van der Waals surface area contributed by atoms with Crippen molar-refractivity contribution in [2.45, 2.75) is 69.5 Å². The van der Waals surface area contributed by atoms with Crippen LogP contribution in [0.25, 0.3) is 11.0 Å². The molecule has 1 aromatic heterocycles. The number of aromatic amines is 1. The SMILES string of the molecule is C[C@@H](NC(=O)CCC(F)(F)F)c1ccc2nc([C@H](c3cc(F)cc(C(N)=O)c3F)C3CCC(F)(F)CC3)[nH]c2c1. The van der Waals surface area contributed by atoms with Crippen LogP contribution in [-0.2, 0) is 4.79 Å². The second kappa shape index (κ2) is 11.1. The van der Waals surface area contributed by atoms with Crippen LogP contribution in [0.15, 0.2) is 30.3 Å². The number of primary amides is 1. The van der Waals surface area contributed by atoms with E-state index >= 15 is 4.39 Å².